The molecule has 5 nitrogen and oxygen atoms in total. The van der Waals surface area contributed by atoms with Gasteiger partial charge in [-0.3, -0.25) is 0 Å². The lowest BCUT2D eigenvalue weighted by molar-refractivity contribution is 0.339. The number of benzene rings is 1. The lowest BCUT2D eigenvalue weighted by Gasteiger charge is -2.27. The second-order valence-corrected chi connectivity index (χ2v) is 7.43. The molecular weight excluding hydrogens is 274 g/mol. The van der Waals surface area contributed by atoms with Gasteiger partial charge in [-0.05, 0) is 36.9 Å². The summed E-state index contributed by atoms with van der Waals surface area (Å²) in [6.45, 7) is 5.65. The first-order valence-corrected chi connectivity index (χ1v) is 8.16. The molecule has 0 radical (unpaired) electrons. The van der Waals surface area contributed by atoms with Crippen molar-refractivity contribution in [2.24, 2.45) is 15.5 Å². The summed E-state index contributed by atoms with van der Waals surface area (Å²) in [6.07, 6.45) is 3.33. The monoisotopic (exact) mass is 295 g/mol. The zero-order chi connectivity index (χ0) is 14.8. The molecule has 0 aromatic heterocycles. The van der Waals surface area contributed by atoms with Crippen LogP contribution in [-0.2, 0) is 10.0 Å². The Hall–Kier alpha value is -1.40. The van der Waals surface area contributed by atoms with E-state index in [1.165, 1.54) is 6.34 Å². The summed E-state index contributed by atoms with van der Waals surface area (Å²) < 4.78 is 27.4. The fraction of sp³-hybridized carbons (Fsp3) is 0.500. The van der Waals surface area contributed by atoms with E-state index < -0.39 is 10.0 Å². The van der Waals surface area contributed by atoms with Crippen LogP contribution in [0.2, 0.25) is 0 Å². The number of para-hydroxylation sites is 1. The Labute approximate surface area is 120 Å². The van der Waals surface area contributed by atoms with Crippen LogP contribution in [0.1, 0.15) is 26.7 Å². The molecule has 1 aromatic rings. The molecule has 1 aromatic carbocycles. The van der Waals surface area contributed by atoms with Gasteiger partial charge in [0.2, 0.25) is 0 Å². The second-order valence-electron chi connectivity index (χ2n) is 5.83. The predicted molar refractivity (Wildman–Crippen MR) is 81.5 cm³/mol. The highest BCUT2D eigenvalue weighted by molar-refractivity contribution is 7.90. The maximum Gasteiger partial charge on any atom is 0.285 e. The maximum absolute atomic E-state index is 11.9. The smallest absolute Gasteiger partial charge is 0.285 e. The average Bonchev–Trinajstić information content (AvgIpc) is 2.42. The van der Waals surface area contributed by atoms with Gasteiger partial charge in [0.05, 0.1) is 5.69 Å². The molecular formula is C14H21N3O2S. The van der Waals surface area contributed by atoms with Gasteiger partial charge in [0, 0.05) is 6.54 Å². The average molecular weight is 295 g/mol. The van der Waals surface area contributed by atoms with Crippen LogP contribution >= 0.6 is 0 Å². The molecule has 2 N–H and O–H groups in total. The van der Waals surface area contributed by atoms with Crippen molar-refractivity contribution in [3.05, 3.63) is 24.3 Å². The molecule has 2 rings (SSSR count). The van der Waals surface area contributed by atoms with Crippen LogP contribution in [0.3, 0.4) is 0 Å². The highest BCUT2D eigenvalue weighted by Crippen LogP contribution is 2.30. The number of nitrogens with zero attached hydrogens (tertiary/aromatic N) is 2. The summed E-state index contributed by atoms with van der Waals surface area (Å²) in [6, 6.07) is 6.96. The maximum atomic E-state index is 11.9. The summed E-state index contributed by atoms with van der Waals surface area (Å²) in [7, 11) is -3.53. The van der Waals surface area contributed by atoms with Crippen LogP contribution in [0.5, 0.6) is 0 Å². The fourth-order valence-corrected chi connectivity index (χ4v) is 3.21. The quantitative estimate of drug-likeness (QED) is 0.901. The molecule has 1 aliphatic rings. The predicted octanol–water partition coefficient (Wildman–Crippen LogP) is 1.99. The Balaban J connectivity index is 2.12. The summed E-state index contributed by atoms with van der Waals surface area (Å²) in [5, 5.41) is 0. The molecule has 0 bridgehead atoms. The van der Waals surface area contributed by atoms with E-state index in [0.29, 0.717) is 12.2 Å². The number of nitrogens with two attached hydrogens (primary N) is 1. The number of hydrogen-bond acceptors (Lipinski definition) is 4. The Bertz CT molecular complexity index is 609. The van der Waals surface area contributed by atoms with Crippen LogP contribution in [0.15, 0.2) is 33.6 Å². The lowest BCUT2D eigenvalue weighted by Crippen LogP contribution is -2.30. The van der Waals surface area contributed by atoms with Crippen molar-refractivity contribution < 1.29 is 8.42 Å². The van der Waals surface area contributed by atoms with Crippen LogP contribution in [0.25, 0.3) is 0 Å². The molecule has 110 valence electrons. The molecule has 0 fully saturated rings. The van der Waals surface area contributed by atoms with Gasteiger partial charge in [-0.15, -0.1) is 4.40 Å². The Morgan fingerprint density at radius 2 is 2.00 bits per heavy atom. The summed E-state index contributed by atoms with van der Waals surface area (Å²) >= 11 is 0. The van der Waals surface area contributed by atoms with Gasteiger partial charge in [0.25, 0.3) is 10.0 Å². The number of fused-ring (bicyclic) bond motifs is 1. The first-order valence-electron chi connectivity index (χ1n) is 6.72. The van der Waals surface area contributed by atoms with Crippen molar-refractivity contribution in [2.45, 2.75) is 31.6 Å². The fourth-order valence-electron chi connectivity index (χ4n) is 2.16. The molecule has 0 atom stereocenters. The third-order valence-electron chi connectivity index (χ3n) is 3.58. The van der Waals surface area contributed by atoms with Crippen LogP contribution in [-0.4, -0.2) is 27.8 Å². The van der Waals surface area contributed by atoms with Crippen molar-refractivity contribution in [2.75, 3.05) is 18.0 Å². The molecule has 1 aliphatic heterocycles. The molecule has 0 saturated carbocycles. The Morgan fingerprint density at radius 3 is 2.70 bits per heavy atom. The molecule has 0 saturated heterocycles. The van der Waals surface area contributed by atoms with Crippen LogP contribution < -0.4 is 10.6 Å². The van der Waals surface area contributed by atoms with Crippen LogP contribution in [0.4, 0.5) is 5.69 Å². The highest BCUT2D eigenvalue weighted by atomic mass is 32.2. The minimum Gasteiger partial charge on any atom is -0.331 e. The van der Waals surface area contributed by atoms with Crippen molar-refractivity contribution in [1.82, 2.24) is 0 Å². The van der Waals surface area contributed by atoms with Crippen molar-refractivity contribution in [1.29, 1.82) is 0 Å². The number of rotatable bonds is 5. The van der Waals surface area contributed by atoms with E-state index in [9.17, 15) is 8.42 Å². The van der Waals surface area contributed by atoms with Gasteiger partial charge >= 0.3 is 0 Å². The minimum atomic E-state index is -3.53. The summed E-state index contributed by atoms with van der Waals surface area (Å²) in [4.78, 5) is 2.17. The molecule has 1 heterocycles. The first kappa shape index (κ1) is 15.0. The number of hydrogen-bond donors (Lipinski definition) is 1. The standard InChI is InChI=1S/C14H21N3O2S/c1-14(2,10-15)8-5-9-17-11-16-20(18,19)13-7-4-3-6-12(13)17/h3-4,6-7,11H,5,8-10,15H2,1-2H3. The van der Waals surface area contributed by atoms with Gasteiger partial charge in [-0.1, -0.05) is 26.0 Å². The minimum absolute atomic E-state index is 0.110. The number of sulfonamides is 1. The lowest BCUT2D eigenvalue weighted by atomic mass is 9.88. The van der Waals surface area contributed by atoms with E-state index >= 15 is 0 Å². The largest absolute Gasteiger partial charge is 0.331 e. The van der Waals surface area contributed by atoms with E-state index in [1.807, 2.05) is 17.0 Å². The second kappa shape index (κ2) is 5.54. The molecule has 0 unspecified atom stereocenters. The third-order valence-corrected chi connectivity index (χ3v) is 4.86. The van der Waals surface area contributed by atoms with E-state index in [1.54, 1.807) is 12.1 Å². The van der Waals surface area contributed by atoms with Crippen molar-refractivity contribution >= 4 is 22.0 Å². The molecule has 20 heavy (non-hydrogen) atoms. The Kier molecular flexibility index (Phi) is 4.15. The normalized spacial score (nSPS) is 17.1. The topological polar surface area (TPSA) is 75.8 Å². The number of anilines is 1. The Morgan fingerprint density at radius 1 is 1.30 bits per heavy atom. The zero-order valence-electron chi connectivity index (χ0n) is 11.9. The molecule has 6 heteroatoms. The van der Waals surface area contributed by atoms with Gasteiger partial charge in [-0.25, -0.2) is 0 Å². The van der Waals surface area contributed by atoms with Gasteiger partial charge < -0.3 is 10.6 Å². The van der Waals surface area contributed by atoms with Gasteiger partial charge in [-0.2, -0.15) is 8.42 Å². The van der Waals surface area contributed by atoms with E-state index in [4.69, 9.17) is 5.73 Å². The molecule has 0 spiro atoms. The van der Waals surface area contributed by atoms with Crippen molar-refractivity contribution in [3.8, 4) is 0 Å². The molecule has 0 amide bonds. The molecule has 0 aliphatic carbocycles. The first-order chi connectivity index (χ1) is 9.36. The zero-order valence-corrected chi connectivity index (χ0v) is 12.7. The van der Waals surface area contributed by atoms with E-state index in [2.05, 4.69) is 18.2 Å². The summed E-state index contributed by atoms with van der Waals surface area (Å²) in [5.41, 5.74) is 6.53. The van der Waals surface area contributed by atoms with E-state index in [0.717, 1.165) is 19.4 Å². The van der Waals surface area contributed by atoms with Crippen LogP contribution in [0, 0.1) is 5.41 Å². The summed E-state index contributed by atoms with van der Waals surface area (Å²) in [5.74, 6) is 0. The third kappa shape index (κ3) is 3.19. The van der Waals surface area contributed by atoms with E-state index in [-0.39, 0.29) is 10.3 Å². The SMILES string of the molecule is CC(C)(CN)CCCN1C=NS(=O)(=O)c2ccccc21. The van der Waals surface area contributed by atoms with Gasteiger partial charge in [0.15, 0.2) is 0 Å². The van der Waals surface area contributed by atoms with Crippen molar-refractivity contribution in [3.63, 3.8) is 0 Å². The highest BCUT2D eigenvalue weighted by Gasteiger charge is 2.25. The van der Waals surface area contributed by atoms with Gasteiger partial charge in [0.1, 0.15) is 11.2 Å².